The van der Waals surface area contributed by atoms with E-state index in [0.29, 0.717) is 0 Å². The molecule has 2 aromatic rings. The predicted molar refractivity (Wildman–Crippen MR) is 174 cm³/mol. The van der Waals surface area contributed by atoms with E-state index in [9.17, 15) is 0 Å². The van der Waals surface area contributed by atoms with Crippen molar-refractivity contribution in [3.05, 3.63) is 106 Å². The summed E-state index contributed by atoms with van der Waals surface area (Å²) in [5, 5.41) is 10.4. The first kappa shape index (κ1) is 33.5. The summed E-state index contributed by atoms with van der Waals surface area (Å²) < 4.78 is 0. The van der Waals surface area contributed by atoms with Crippen LogP contribution in [0.3, 0.4) is 0 Å². The molecule has 0 aliphatic heterocycles. The zero-order valence-corrected chi connectivity index (χ0v) is 30.6. The summed E-state index contributed by atoms with van der Waals surface area (Å²) in [5.41, 5.74) is 8.39. The van der Waals surface area contributed by atoms with E-state index in [1.54, 1.807) is 10.4 Å². The number of para-hydroxylation sites is 2. The molecule has 2 aliphatic carbocycles. The molecule has 0 heterocycles. The van der Waals surface area contributed by atoms with E-state index in [1.807, 2.05) is 0 Å². The molecule has 2 N–H and O–H groups in total. The number of hydrogen-bond donors (Lipinski definition) is 2. The fraction of sp³-hybridized carbons (Fsp3) is 0.412. The summed E-state index contributed by atoms with van der Waals surface area (Å²) in [7, 11) is -1.72. The largest absolute Gasteiger partial charge is 2.00 e. The fourth-order valence-corrected chi connectivity index (χ4v) is 9.23. The molecule has 2 aromatic carbocycles. The number of benzene rings is 2. The first-order valence-electron chi connectivity index (χ1n) is 14.1. The van der Waals surface area contributed by atoms with E-state index in [2.05, 4.69) is 151 Å². The molecule has 0 bridgehead atoms. The standard InChI is InChI=1S/2C17H24NSi.Zr/c2*1-17(2,3)14-11-12-15(16(14)19(4)5)18-13-9-7-6-8-10-13;/h2*6-10,18-19H,12H2,1-5H3;/q2*-1;+2. The summed E-state index contributed by atoms with van der Waals surface area (Å²) in [6.45, 7) is 23.3. The van der Waals surface area contributed by atoms with Crippen molar-refractivity contribution in [2.45, 2.75) is 80.6 Å². The Balaban J connectivity index is 0.000000267. The van der Waals surface area contributed by atoms with Gasteiger partial charge in [-0.2, -0.15) is 10.4 Å². The van der Waals surface area contributed by atoms with Gasteiger partial charge in [0.05, 0.1) is 0 Å². The molecule has 0 radical (unpaired) electrons. The molecule has 0 amide bonds. The molecule has 0 aromatic heterocycles. The Labute approximate surface area is 261 Å². The molecule has 0 fully saturated rings. The third kappa shape index (κ3) is 9.16. The third-order valence-electron chi connectivity index (χ3n) is 6.87. The van der Waals surface area contributed by atoms with Crippen LogP contribution in [0.4, 0.5) is 11.4 Å². The minimum absolute atomic E-state index is 0. The Kier molecular flexibility index (Phi) is 12.3. The number of hydrogen-bond acceptors (Lipinski definition) is 2. The van der Waals surface area contributed by atoms with E-state index in [-0.39, 0.29) is 37.0 Å². The summed E-state index contributed by atoms with van der Waals surface area (Å²) in [6.07, 6.45) is 9.09. The maximum Gasteiger partial charge on any atom is 2.00 e. The Bertz CT molecular complexity index is 1110. The van der Waals surface area contributed by atoms with Crippen molar-refractivity contribution < 1.29 is 26.2 Å². The molecule has 0 saturated heterocycles. The van der Waals surface area contributed by atoms with Crippen LogP contribution in [-0.2, 0) is 26.2 Å². The molecule has 39 heavy (non-hydrogen) atoms. The Morgan fingerprint density at radius 1 is 0.564 bits per heavy atom. The van der Waals surface area contributed by atoms with Crippen molar-refractivity contribution in [3.8, 4) is 0 Å². The van der Waals surface area contributed by atoms with Crippen molar-refractivity contribution in [2.24, 2.45) is 10.8 Å². The monoisotopic (exact) mass is 630 g/mol. The van der Waals surface area contributed by atoms with Crippen LogP contribution in [0.1, 0.15) is 54.4 Å². The normalized spacial score (nSPS) is 15.6. The van der Waals surface area contributed by atoms with Crippen LogP contribution in [0.25, 0.3) is 0 Å². The van der Waals surface area contributed by atoms with Gasteiger partial charge in [-0.1, -0.05) is 128 Å². The fourth-order valence-electron chi connectivity index (χ4n) is 5.26. The summed E-state index contributed by atoms with van der Waals surface area (Å²) >= 11 is 0. The van der Waals surface area contributed by atoms with E-state index < -0.39 is 17.6 Å². The van der Waals surface area contributed by atoms with Crippen molar-refractivity contribution in [3.63, 3.8) is 0 Å². The van der Waals surface area contributed by atoms with Gasteiger partial charge in [0.1, 0.15) is 0 Å². The molecule has 4 rings (SSSR count). The predicted octanol–water partition coefficient (Wildman–Crippen LogP) is 9.11. The first-order valence-corrected chi connectivity index (χ1v) is 19.9. The molecular weight excluding hydrogens is 584 g/mol. The first-order chi connectivity index (χ1) is 17.8. The smallest absolute Gasteiger partial charge is 0.377 e. The molecule has 2 aliphatic rings. The van der Waals surface area contributed by atoms with Gasteiger partial charge < -0.3 is 10.6 Å². The maximum absolute atomic E-state index is 3.61. The summed E-state index contributed by atoms with van der Waals surface area (Å²) in [4.78, 5) is 0. The molecule has 0 unspecified atom stereocenters. The van der Waals surface area contributed by atoms with Gasteiger partial charge in [-0.3, -0.25) is 12.2 Å². The van der Waals surface area contributed by atoms with Crippen LogP contribution >= 0.6 is 0 Å². The topological polar surface area (TPSA) is 24.1 Å². The molecule has 0 saturated carbocycles. The van der Waals surface area contributed by atoms with Gasteiger partial charge in [-0.15, -0.1) is 0 Å². The van der Waals surface area contributed by atoms with Gasteiger partial charge in [-0.05, 0) is 52.7 Å². The van der Waals surface area contributed by atoms with Crippen LogP contribution in [0.5, 0.6) is 0 Å². The van der Waals surface area contributed by atoms with E-state index in [0.717, 1.165) is 12.8 Å². The number of nitrogens with one attached hydrogen (secondary N) is 2. The average molecular weight is 632 g/mol. The van der Waals surface area contributed by atoms with E-state index in [4.69, 9.17) is 0 Å². The Hall–Kier alpha value is -1.68. The van der Waals surface area contributed by atoms with E-state index in [1.165, 1.54) is 33.9 Å². The Morgan fingerprint density at radius 2 is 0.872 bits per heavy atom. The SMILES string of the molecule is C[SiH](C)C1=C(Nc2ccccc2)C[C-]=C1C(C)(C)C.C[SiH](C)C1=C(Nc2ccccc2)C[C-]=C1C(C)(C)C.[Zr+2]. The van der Waals surface area contributed by atoms with Crippen molar-refractivity contribution in [1.29, 1.82) is 0 Å². The van der Waals surface area contributed by atoms with Gasteiger partial charge in [-0.25, -0.2) is 11.1 Å². The van der Waals surface area contributed by atoms with Crippen molar-refractivity contribution >= 4 is 29.0 Å². The summed E-state index contributed by atoms with van der Waals surface area (Å²) in [5.74, 6) is 0. The minimum atomic E-state index is -0.862. The van der Waals surface area contributed by atoms with Gasteiger partial charge >= 0.3 is 26.2 Å². The second kappa shape index (κ2) is 14.3. The van der Waals surface area contributed by atoms with Crippen LogP contribution < -0.4 is 10.6 Å². The molecule has 2 nitrogen and oxygen atoms in total. The quantitative estimate of drug-likeness (QED) is 0.245. The van der Waals surface area contributed by atoms with Gasteiger partial charge in [0.15, 0.2) is 0 Å². The van der Waals surface area contributed by atoms with Crippen LogP contribution in [-0.4, -0.2) is 17.6 Å². The third-order valence-corrected chi connectivity index (χ3v) is 10.4. The second-order valence-electron chi connectivity index (χ2n) is 13.0. The molecular formula is C34H48N2Si2Zr. The van der Waals surface area contributed by atoms with Gasteiger partial charge in [0.25, 0.3) is 0 Å². The van der Waals surface area contributed by atoms with Gasteiger partial charge in [0.2, 0.25) is 0 Å². The van der Waals surface area contributed by atoms with E-state index >= 15 is 0 Å². The molecule has 0 spiro atoms. The zero-order valence-electron chi connectivity index (χ0n) is 25.8. The van der Waals surface area contributed by atoms with Crippen molar-refractivity contribution in [2.75, 3.05) is 10.6 Å². The average Bonchev–Trinajstić information content (AvgIpc) is 3.45. The number of anilines is 2. The number of allylic oxidation sites excluding steroid dienone is 6. The minimum Gasteiger partial charge on any atom is -0.377 e. The van der Waals surface area contributed by atoms with Crippen LogP contribution in [0, 0.1) is 23.0 Å². The molecule has 0 atom stereocenters. The maximum atomic E-state index is 3.61. The zero-order chi connectivity index (χ0) is 28.1. The Morgan fingerprint density at radius 3 is 1.13 bits per heavy atom. The summed E-state index contributed by atoms with van der Waals surface area (Å²) in [6, 6.07) is 20.9. The molecule has 206 valence electrons. The van der Waals surface area contributed by atoms with Crippen molar-refractivity contribution in [1.82, 2.24) is 0 Å². The van der Waals surface area contributed by atoms with Gasteiger partial charge in [0, 0.05) is 11.4 Å². The number of rotatable bonds is 6. The molecule has 5 heteroatoms. The van der Waals surface area contributed by atoms with Crippen LogP contribution in [0.2, 0.25) is 26.2 Å². The second-order valence-corrected chi connectivity index (χ2v) is 18.8. The van der Waals surface area contributed by atoms with Crippen LogP contribution in [0.15, 0.2) is 93.6 Å².